The molecule has 2 N–H and O–H groups in total. The highest BCUT2D eigenvalue weighted by molar-refractivity contribution is 6.31. The minimum atomic E-state index is -0.310. The van der Waals surface area contributed by atoms with Crippen molar-refractivity contribution >= 4 is 29.0 Å². The Morgan fingerprint density at radius 2 is 1.86 bits per heavy atom. The number of benzene rings is 2. The van der Waals surface area contributed by atoms with Crippen molar-refractivity contribution in [1.82, 2.24) is 9.97 Å². The molecule has 0 bridgehead atoms. The van der Waals surface area contributed by atoms with Gasteiger partial charge in [0.15, 0.2) is 0 Å². The van der Waals surface area contributed by atoms with Crippen LogP contribution in [0.3, 0.4) is 0 Å². The fourth-order valence-corrected chi connectivity index (χ4v) is 2.80. The maximum Gasteiger partial charge on any atom is 0.274 e. The number of anilines is 2. The summed E-state index contributed by atoms with van der Waals surface area (Å²) >= 11 is 6.18. The smallest absolute Gasteiger partial charge is 0.274 e. The van der Waals surface area contributed by atoms with Gasteiger partial charge >= 0.3 is 0 Å². The summed E-state index contributed by atoms with van der Waals surface area (Å²) in [7, 11) is 0. The average molecular weight is 397 g/mol. The summed E-state index contributed by atoms with van der Waals surface area (Å²) in [5.41, 5.74) is 1.89. The lowest BCUT2D eigenvalue weighted by molar-refractivity contribution is 0.102. The van der Waals surface area contributed by atoms with Gasteiger partial charge in [-0.15, -0.1) is 0 Å². The lowest BCUT2D eigenvalue weighted by Crippen LogP contribution is -2.16. The van der Waals surface area contributed by atoms with Crippen LogP contribution in [-0.4, -0.2) is 22.5 Å². The van der Waals surface area contributed by atoms with Crippen LogP contribution in [0, 0.1) is 6.92 Å². The van der Waals surface area contributed by atoms with Crippen molar-refractivity contribution < 1.29 is 9.53 Å². The van der Waals surface area contributed by atoms with E-state index >= 15 is 0 Å². The standard InChI is InChI=1S/C21H21ClN4O2/c1-3-28-17-10-8-16(9-11-17)26-21(27)19-12-20(25-14(2)24-19)23-13-15-6-4-5-7-18(15)22/h4-12H,3,13H2,1-2H3,(H,26,27)(H,23,24,25). The summed E-state index contributed by atoms with van der Waals surface area (Å²) < 4.78 is 5.40. The molecule has 1 amide bonds. The van der Waals surface area contributed by atoms with E-state index in [1.165, 1.54) is 0 Å². The molecule has 3 rings (SSSR count). The molecule has 0 radical (unpaired) electrons. The van der Waals surface area contributed by atoms with Crippen LogP contribution >= 0.6 is 11.6 Å². The first-order chi connectivity index (χ1) is 13.5. The van der Waals surface area contributed by atoms with Crippen molar-refractivity contribution in [2.24, 2.45) is 0 Å². The molecular weight excluding hydrogens is 376 g/mol. The second-order valence-electron chi connectivity index (χ2n) is 6.04. The average Bonchev–Trinajstić information content (AvgIpc) is 2.69. The molecule has 0 saturated carbocycles. The maximum absolute atomic E-state index is 12.6. The van der Waals surface area contributed by atoms with Crippen LogP contribution in [0.25, 0.3) is 0 Å². The molecule has 7 heteroatoms. The fourth-order valence-electron chi connectivity index (χ4n) is 2.60. The molecule has 3 aromatic rings. The number of halogens is 1. The van der Waals surface area contributed by atoms with Gasteiger partial charge in [-0.2, -0.15) is 0 Å². The SMILES string of the molecule is CCOc1ccc(NC(=O)c2cc(NCc3ccccc3Cl)nc(C)n2)cc1. The van der Waals surface area contributed by atoms with Gasteiger partial charge in [0.25, 0.3) is 5.91 Å². The van der Waals surface area contributed by atoms with Crippen LogP contribution in [-0.2, 0) is 6.54 Å². The topological polar surface area (TPSA) is 76.1 Å². The maximum atomic E-state index is 12.6. The highest BCUT2D eigenvalue weighted by Gasteiger charge is 2.11. The third-order valence-electron chi connectivity index (χ3n) is 3.91. The molecule has 0 unspecified atom stereocenters. The Kier molecular flexibility index (Phi) is 6.45. The molecule has 1 aromatic heterocycles. The highest BCUT2D eigenvalue weighted by atomic mass is 35.5. The molecule has 0 spiro atoms. The van der Waals surface area contributed by atoms with E-state index in [1.807, 2.05) is 31.2 Å². The normalized spacial score (nSPS) is 10.4. The predicted octanol–water partition coefficient (Wildman–Crippen LogP) is 4.70. The second-order valence-corrected chi connectivity index (χ2v) is 6.45. The molecular formula is C21H21ClN4O2. The van der Waals surface area contributed by atoms with Gasteiger partial charge in [-0.25, -0.2) is 9.97 Å². The summed E-state index contributed by atoms with van der Waals surface area (Å²) in [6.07, 6.45) is 0. The predicted molar refractivity (Wildman–Crippen MR) is 111 cm³/mol. The Balaban J connectivity index is 1.69. The van der Waals surface area contributed by atoms with E-state index in [2.05, 4.69) is 20.6 Å². The molecule has 6 nitrogen and oxygen atoms in total. The highest BCUT2D eigenvalue weighted by Crippen LogP contribution is 2.18. The molecule has 28 heavy (non-hydrogen) atoms. The first-order valence-electron chi connectivity index (χ1n) is 8.92. The number of carbonyl (C=O) groups excluding carboxylic acids is 1. The van der Waals surface area contributed by atoms with Crippen molar-refractivity contribution in [2.45, 2.75) is 20.4 Å². The van der Waals surface area contributed by atoms with Crippen molar-refractivity contribution in [3.63, 3.8) is 0 Å². The number of amides is 1. The molecule has 0 aliphatic heterocycles. The van der Waals surface area contributed by atoms with Crippen molar-refractivity contribution in [3.05, 3.63) is 76.7 Å². The summed E-state index contributed by atoms with van der Waals surface area (Å²) in [5.74, 6) is 1.50. The Hall–Kier alpha value is -3.12. The molecule has 2 aromatic carbocycles. The van der Waals surface area contributed by atoms with E-state index < -0.39 is 0 Å². The van der Waals surface area contributed by atoms with Gasteiger partial charge in [-0.1, -0.05) is 29.8 Å². The zero-order valence-electron chi connectivity index (χ0n) is 15.7. The van der Waals surface area contributed by atoms with Crippen molar-refractivity contribution in [3.8, 4) is 5.75 Å². The van der Waals surface area contributed by atoms with E-state index in [0.717, 1.165) is 11.3 Å². The number of nitrogens with one attached hydrogen (secondary N) is 2. The quantitative estimate of drug-likeness (QED) is 0.605. The van der Waals surface area contributed by atoms with Crippen LogP contribution in [0.5, 0.6) is 5.75 Å². The van der Waals surface area contributed by atoms with Crippen molar-refractivity contribution in [2.75, 3.05) is 17.2 Å². The zero-order valence-corrected chi connectivity index (χ0v) is 16.5. The third-order valence-corrected chi connectivity index (χ3v) is 4.28. The number of rotatable bonds is 7. The van der Waals surface area contributed by atoms with Gasteiger partial charge in [0.1, 0.15) is 23.1 Å². The Morgan fingerprint density at radius 3 is 2.57 bits per heavy atom. The lowest BCUT2D eigenvalue weighted by atomic mass is 10.2. The Bertz CT molecular complexity index is 961. The number of carbonyl (C=O) groups is 1. The van der Waals surface area contributed by atoms with Crippen LogP contribution in [0.1, 0.15) is 28.8 Å². The van der Waals surface area contributed by atoms with E-state index in [4.69, 9.17) is 16.3 Å². The largest absolute Gasteiger partial charge is 0.494 e. The van der Waals surface area contributed by atoms with Gasteiger partial charge in [0.05, 0.1) is 6.61 Å². The molecule has 1 heterocycles. The minimum absolute atomic E-state index is 0.281. The number of hydrogen-bond acceptors (Lipinski definition) is 5. The van der Waals surface area contributed by atoms with Gasteiger partial charge in [-0.3, -0.25) is 4.79 Å². The number of aromatic nitrogens is 2. The van der Waals surface area contributed by atoms with Gasteiger partial charge in [-0.05, 0) is 49.7 Å². The molecule has 0 atom stereocenters. The van der Waals surface area contributed by atoms with E-state index in [-0.39, 0.29) is 11.6 Å². The van der Waals surface area contributed by atoms with Crippen molar-refractivity contribution in [1.29, 1.82) is 0 Å². The van der Waals surface area contributed by atoms with Crippen LogP contribution in [0.2, 0.25) is 5.02 Å². The Morgan fingerprint density at radius 1 is 1.11 bits per heavy atom. The molecule has 0 saturated heterocycles. The van der Waals surface area contributed by atoms with E-state index in [9.17, 15) is 4.79 Å². The van der Waals surface area contributed by atoms with Crippen LogP contribution < -0.4 is 15.4 Å². The molecule has 0 fully saturated rings. The fraction of sp³-hybridized carbons (Fsp3) is 0.190. The minimum Gasteiger partial charge on any atom is -0.494 e. The molecule has 144 valence electrons. The molecule has 0 aliphatic rings. The van der Waals surface area contributed by atoms with E-state index in [1.54, 1.807) is 37.3 Å². The zero-order chi connectivity index (χ0) is 19.9. The summed E-state index contributed by atoms with van der Waals surface area (Å²) in [6, 6.07) is 16.4. The first-order valence-corrected chi connectivity index (χ1v) is 9.30. The number of aryl methyl sites for hydroxylation is 1. The Labute approximate surface area is 168 Å². The monoisotopic (exact) mass is 396 g/mol. The lowest BCUT2D eigenvalue weighted by Gasteiger charge is -2.10. The van der Waals surface area contributed by atoms with Gasteiger partial charge < -0.3 is 15.4 Å². The van der Waals surface area contributed by atoms with Gasteiger partial charge in [0.2, 0.25) is 0 Å². The summed E-state index contributed by atoms with van der Waals surface area (Å²) in [5, 5.41) is 6.70. The van der Waals surface area contributed by atoms with Gasteiger partial charge in [0, 0.05) is 23.3 Å². The van der Waals surface area contributed by atoms with E-state index in [0.29, 0.717) is 35.5 Å². The number of nitrogens with zero attached hydrogens (tertiary/aromatic N) is 2. The molecule has 0 aliphatic carbocycles. The number of hydrogen-bond donors (Lipinski definition) is 2. The third kappa shape index (κ3) is 5.20. The summed E-state index contributed by atoms with van der Waals surface area (Å²) in [4.78, 5) is 21.1. The number of ether oxygens (including phenoxy) is 1. The van der Waals surface area contributed by atoms with Crippen LogP contribution in [0.15, 0.2) is 54.6 Å². The first kappa shape index (κ1) is 19.6. The van der Waals surface area contributed by atoms with Crippen LogP contribution in [0.4, 0.5) is 11.5 Å². The second kappa shape index (κ2) is 9.19. The summed E-state index contributed by atoms with van der Waals surface area (Å²) in [6.45, 7) is 4.75.